The number of aromatic nitrogens is 2. The molecule has 2 aromatic rings. The number of nitrogens with zero attached hydrogens (tertiary/aromatic N) is 2. The summed E-state index contributed by atoms with van der Waals surface area (Å²) in [5.41, 5.74) is 3.59. The largest absolute Gasteiger partial charge is 0.291 e. The summed E-state index contributed by atoms with van der Waals surface area (Å²) in [6.45, 7) is 2.01. The minimum Gasteiger partial charge on any atom is -0.291 e. The van der Waals surface area contributed by atoms with Crippen LogP contribution in [0.4, 0.5) is 5.95 Å². The first-order valence-corrected chi connectivity index (χ1v) is 7.67. The van der Waals surface area contributed by atoms with Gasteiger partial charge in [-0.25, -0.2) is 10.4 Å². The SMILES string of the molecule is CCCc1cc(=O)[nH]c(N/N=C\c2c(Cl)ccc(Cl)c2Cl)n1. The fraction of sp³-hybridized carbons (Fsp3) is 0.214. The third-order valence-corrected chi connectivity index (χ3v) is 3.89. The number of halogens is 3. The quantitative estimate of drug-likeness (QED) is 0.479. The molecule has 5 nitrogen and oxygen atoms in total. The van der Waals surface area contributed by atoms with Crippen LogP contribution >= 0.6 is 34.8 Å². The number of hydrogen-bond donors (Lipinski definition) is 2. The third-order valence-electron chi connectivity index (χ3n) is 2.74. The summed E-state index contributed by atoms with van der Waals surface area (Å²) < 4.78 is 0. The molecule has 0 radical (unpaired) electrons. The Morgan fingerprint density at radius 2 is 2.05 bits per heavy atom. The van der Waals surface area contributed by atoms with Crippen molar-refractivity contribution in [1.29, 1.82) is 0 Å². The van der Waals surface area contributed by atoms with Crippen molar-refractivity contribution >= 4 is 47.0 Å². The van der Waals surface area contributed by atoms with Gasteiger partial charge >= 0.3 is 0 Å². The Morgan fingerprint density at radius 1 is 1.32 bits per heavy atom. The fourth-order valence-corrected chi connectivity index (χ4v) is 2.40. The second-order valence-corrected chi connectivity index (χ2v) is 5.65. The molecule has 2 rings (SSSR count). The Kier molecular flexibility index (Phi) is 5.83. The zero-order valence-corrected chi connectivity index (χ0v) is 13.9. The predicted octanol–water partition coefficient (Wildman–Crippen LogP) is 4.13. The van der Waals surface area contributed by atoms with Crippen LogP contribution < -0.4 is 11.0 Å². The number of hydrogen-bond acceptors (Lipinski definition) is 4. The predicted molar refractivity (Wildman–Crippen MR) is 91.5 cm³/mol. The minimum atomic E-state index is -0.241. The number of nitrogens with one attached hydrogen (secondary N) is 2. The third kappa shape index (κ3) is 4.22. The summed E-state index contributed by atoms with van der Waals surface area (Å²) in [6, 6.07) is 4.69. The van der Waals surface area contributed by atoms with Crippen molar-refractivity contribution in [2.45, 2.75) is 19.8 Å². The van der Waals surface area contributed by atoms with Crippen molar-refractivity contribution in [1.82, 2.24) is 9.97 Å². The first-order chi connectivity index (χ1) is 10.5. The number of H-pyrrole nitrogens is 1. The van der Waals surface area contributed by atoms with Crippen molar-refractivity contribution in [3.8, 4) is 0 Å². The molecule has 0 aliphatic rings. The maximum absolute atomic E-state index is 11.5. The topological polar surface area (TPSA) is 70.1 Å². The number of rotatable bonds is 5. The van der Waals surface area contributed by atoms with Gasteiger partial charge in [0.1, 0.15) is 0 Å². The molecule has 1 heterocycles. The fourth-order valence-electron chi connectivity index (χ4n) is 1.76. The minimum absolute atomic E-state index is 0.241. The second kappa shape index (κ2) is 7.63. The molecule has 0 amide bonds. The van der Waals surface area contributed by atoms with Gasteiger partial charge in [0.15, 0.2) is 0 Å². The first kappa shape index (κ1) is 16.8. The Morgan fingerprint density at radius 3 is 2.77 bits per heavy atom. The van der Waals surface area contributed by atoms with Gasteiger partial charge < -0.3 is 0 Å². The van der Waals surface area contributed by atoms with Gasteiger partial charge in [0.2, 0.25) is 5.95 Å². The van der Waals surface area contributed by atoms with E-state index in [1.807, 2.05) is 6.92 Å². The van der Waals surface area contributed by atoms with E-state index < -0.39 is 0 Å². The number of benzene rings is 1. The van der Waals surface area contributed by atoms with Crippen LogP contribution in [0.3, 0.4) is 0 Å². The molecule has 0 fully saturated rings. The standard InChI is InChI=1S/C14H13Cl3N4O/c1-2-3-8-6-12(22)20-14(19-8)21-18-7-9-10(15)4-5-11(16)13(9)17/h4-7H,2-3H2,1H3,(H2,19,20,21,22)/b18-7-. The monoisotopic (exact) mass is 358 g/mol. The summed E-state index contributed by atoms with van der Waals surface area (Å²) in [5.74, 6) is 0.251. The van der Waals surface area contributed by atoms with Gasteiger partial charge in [-0.3, -0.25) is 9.78 Å². The average molecular weight is 360 g/mol. The highest BCUT2D eigenvalue weighted by Crippen LogP contribution is 2.29. The zero-order chi connectivity index (χ0) is 16.1. The van der Waals surface area contributed by atoms with Crippen molar-refractivity contribution in [2.24, 2.45) is 5.10 Å². The molecular formula is C14H13Cl3N4O. The Bertz CT molecular complexity index is 758. The van der Waals surface area contributed by atoms with Crippen LogP contribution in [0, 0.1) is 0 Å². The van der Waals surface area contributed by atoms with E-state index in [1.54, 1.807) is 12.1 Å². The highest BCUT2D eigenvalue weighted by molar-refractivity contribution is 6.45. The molecule has 0 spiro atoms. The molecule has 1 aromatic carbocycles. The number of aromatic amines is 1. The molecule has 0 unspecified atom stereocenters. The van der Waals surface area contributed by atoms with Crippen molar-refractivity contribution in [2.75, 3.05) is 5.43 Å². The molecule has 0 aliphatic carbocycles. The molecular weight excluding hydrogens is 347 g/mol. The van der Waals surface area contributed by atoms with Gasteiger partial charge in [-0.15, -0.1) is 0 Å². The highest BCUT2D eigenvalue weighted by atomic mass is 35.5. The van der Waals surface area contributed by atoms with E-state index in [0.717, 1.165) is 6.42 Å². The summed E-state index contributed by atoms with van der Waals surface area (Å²) >= 11 is 18.0. The number of anilines is 1. The summed E-state index contributed by atoms with van der Waals surface area (Å²) in [4.78, 5) is 18.3. The normalized spacial score (nSPS) is 11.1. The molecule has 0 bridgehead atoms. The van der Waals surface area contributed by atoms with Crippen molar-refractivity contribution in [3.05, 3.63) is 54.9 Å². The van der Waals surface area contributed by atoms with Gasteiger partial charge in [0, 0.05) is 17.3 Å². The maximum Gasteiger partial charge on any atom is 0.252 e. The molecule has 0 saturated heterocycles. The molecule has 22 heavy (non-hydrogen) atoms. The van der Waals surface area contributed by atoms with Gasteiger partial charge in [-0.1, -0.05) is 48.1 Å². The van der Waals surface area contributed by atoms with Gasteiger partial charge in [-0.2, -0.15) is 5.10 Å². The van der Waals surface area contributed by atoms with E-state index in [9.17, 15) is 4.79 Å². The lowest BCUT2D eigenvalue weighted by molar-refractivity contribution is 0.867. The van der Waals surface area contributed by atoms with E-state index in [-0.39, 0.29) is 11.5 Å². The second-order valence-electron chi connectivity index (χ2n) is 4.46. The van der Waals surface area contributed by atoms with E-state index in [2.05, 4.69) is 20.5 Å². The lowest BCUT2D eigenvalue weighted by Gasteiger charge is -2.04. The lowest BCUT2D eigenvalue weighted by atomic mass is 10.2. The lowest BCUT2D eigenvalue weighted by Crippen LogP contribution is -2.12. The van der Waals surface area contributed by atoms with E-state index in [1.165, 1.54) is 12.3 Å². The molecule has 2 N–H and O–H groups in total. The first-order valence-electron chi connectivity index (χ1n) is 6.54. The Labute approximate surface area is 142 Å². The van der Waals surface area contributed by atoms with Crippen molar-refractivity contribution < 1.29 is 0 Å². The summed E-state index contributed by atoms with van der Waals surface area (Å²) in [7, 11) is 0. The van der Waals surface area contributed by atoms with Gasteiger partial charge in [0.25, 0.3) is 5.56 Å². The maximum atomic E-state index is 11.5. The van der Waals surface area contributed by atoms with Crippen LogP contribution in [0.2, 0.25) is 15.1 Å². The zero-order valence-electron chi connectivity index (χ0n) is 11.7. The van der Waals surface area contributed by atoms with Gasteiger partial charge in [0.05, 0.1) is 21.3 Å². The molecule has 1 aromatic heterocycles. The smallest absolute Gasteiger partial charge is 0.252 e. The molecule has 0 atom stereocenters. The summed E-state index contributed by atoms with van der Waals surface area (Å²) in [5, 5.41) is 5.08. The Hall–Kier alpha value is -1.56. The molecule has 0 aliphatic heterocycles. The summed E-state index contributed by atoms with van der Waals surface area (Å²) in [6.07, 6.45) is 3.03. The van der Waals surface area contributed by atoms with Crippen LogP contribution in [0.5, 0.6) is 0 Å². The van der Waals surface area contributed by atoms with E-state index >= 15 is 0 Å². The van der Waals surface area contributed by atoms with Crippen molar-refractivity contribution in [3.63, 3.8) is 0 Å². The molecule has 0 saturated carbocycles. The highest BCUT2D eigenvalue weighted by Gasteiger charge is 2.07. The number of hydrazone groups is 1. The number of aryl methyl sites for hydroxylation is 1. The Balaban J connectivity index is 2.20. The van der Waals surface area contributed by atoms with E-state index in [0.29, 0.717) is 32.7 Å². The van der Waals surface area contributed by atoms with Crippen LogP contribution in [0.25, 0.3) is 0 Å². The van der Waals surface area contributed by atoms with Crippen LogP contribution in [-0.4, -0.2) is 16.2 Å². The van der Waals surface area contributed by atoms with Gasteiger partial charge in [-0.05, 0) is 18.6 Å². The van der Waals surface area contributed by atoms with Crippen LogP contribution in [0.15, 0.2) is 28.1 Å². The van der Waals surface area contributed by atoms with Crippen LogP contribution in [-0.2, 0) is 6.42 Å². The average Bonchev–Trinajstić information content (AvgIpc) is 2.46. The molecule has 8 heteroatoms. The van der Waals surface area contributed by atoms with Crippen LogP contribution in [0.1, 0.15) is 24.6 Å². The van der Waals surface area contributed by atoms with E-state index in [4.69, 9.17) is 34.8 Å². The molecule has 116 valence electrons.